The van der Waals surface area contributed by atoms with Gasteiger partial charge in [-0.25, -0.2) is 0 Å². The fraction of sp³-hybridized carbons (Fsp3) is 0.724. The maximum absolute atomic E-state index is 12.9. The van der Waals surface area contributed by atoms with Crippen molar-refractivity contribution in [3.8, 4) is 0 Å². The number of carbonyl (C=O) groups is 2. The van der Waals surface area contributed by atoms with Crippen LogP contribution < -0.4 is 10.6 Å². The molecule has 0 aromatic heterocycles. The van der Waals surface area contributed by atoms with E-state index in [1.54, 1.807) is 0 Å². The molecule has 2 unspecified atom stereocenters. The minimum Gasteiger partial charge on any atom is -0.616 e. The summed E-state index contributed by atoms with van der Waals surface area (Å²) in [5.41, 5.74) is 1.02. The van der Waals surface area contributed by atoms with Crippen LogP contribution in [0.4, 0.5) is 0 Å². The molecule has 0 bridgehead atoms. The average Bonchev–Trinajstić information content (AvgIpc) is 2.89. The molecule has 1 aromatic carbocycles. The first-order valence-corrected chi connectivity index (χ1v) is 15.6. The van der Waals surface area contributed by atoms with Crippen molar-refractivity contribution in [1.82, 2.24) is 10.6 Å². The molecule has 208 valence electrons. The van der Waals surface area contributed by atoms with Gasteiger partial charge < -0.3 is 15.2 Å². The zero-order valence-corrected chi connectivity index (χ0v) is 23.8. The van der Waals surface area contributed by atoms with Crippen molar-refractivity contribution in [2.45, 2.75) is 97.1 Å². The molecule has 1 fully saturated rings. The summed E-state index contributed by atoms with van der Waals surface area (Å²) < 4.78 is 12.2. The van der Waals surface area contributed by atoms with Gasteiger partial charge in [0.05, 0.1) is 12.0 Å². The van der Waals surface area contributed by atoms with E-state index in [2.05, 4.69) is 29.7 Å². The molecule has 2 N–H and O–H groups in total. The Labute approximate surface area is 226 Å². The minimum atomic E-state index is -1.07. The van der Waals surface area contributed by atoms with Crippen molar-refractivity contribution >= 4 is 23.0 Å². The fourth-order valence-electron chi connectivity index (χ4n) is 5.12. The largest absolute Gasteiger partial charge is 0.616 e. The van der Waals surface area contributed by atoms with Crippen LogP contribution in [0.25, 0.3) is 0 Å². The van der Waals surface area contributed by atoms with Gasteiger partial charge in [-0.15, -0.1) is 0 Å². The molecule has 8 heteroatoms. The van der Waals surface area contributed by atoms with E-state index < -0.39 is 23.1 Å². The molecule has 7 nitrogen and oxygen atoms in total. The van der Waals surface area contributed by atoms with E-state index in [1.165, 1.54) is 19.3 Å². The summed E-state index contributed by atoms with van der Waals surface area (Å²) in [7, 11) is 0. The minimum absolute atomic E-state index is 0.136. The Balaban J connectivity index is 1.92. The van der Waals surface area contributed by atoms with Crippen LogP contribution >= 0.6 is 0 Å². The van der Waals surface area contributed by atoms with Crippen LogP contribution in [-0.4, -0.2) is 46.5 Å². The van der Waals surface area contributed by atoms with Crippen LogP contribution in [0.5, 0.6) is 0 Å². The van der Waals surface area contributed by atoms with E-state index in [4.69, 9.17) is 0 Å². The Morgan fingerprint density at radius 1 is 1.11 bits per heavy atom. The SMILES string of the molecule is CC[S+]([O-])CC(Cc1ccccc1)C(=O)NCCC(=O)N[C@@H](CC1CCCCC1)[C@H](CCC(C)C)N=O. The Morgan fingerprint density at radius 2 is 1.81 bits per heavy atom. The van der Waals surface area contributed by atoms with Crippen molar-refractivity contribution in [1.29, 1.82) is 0 Å². The zero-order chi connectivity index (χ0) is 27.0. The summed E-state index contributed by atoms with van der Waals surface area (Å²) >= 11 is -1.07. The number of hydrogen-bond acceptors (Lipinski definition) is 5. The molecular weight excluding hydrogens is 486 g/mol. The second-order valence-electron chi connectivity index (χ2n) is 10.9. The third kappa shape index (κ3) is 12.4. The highest BCUT2D eigenvalue weighted by Crippen LogP contribution is 2.29. The van der Waals surface area contributed by atoms with Crippen molar-refractivity contribution in [3.63, 3.8) is 0 Å². The van der Waals surface area contributed by atoms with Crippen LogP contribution in [0, 0.1) is 22.7 Å². The molecule has 4 atom stereocenters. The van der Waals surface area contributed by atoms with Gasteiger partial charge in [0.25, 0.3) is 0 Å². The number of benzene rings is 1. The molecule has 37 heavy (non-hydrogen) atoms. The quantitative estimate of drug-likeness (QED) is 0.213. The lowest BCUT2D eigenvalue weighted by molar-refractivity contribution is -0.125. The van der Waals surface area contributed by atoms with Crippen LogP contribution in [0.2, 0.25) is 0 Å². The number of amides is 2. The molecule has 2 amide bonds. The van der Waals surface area contributed by atoms with Gasteiger partial charge in [0, 0.05) is 13.0 Å². The molecule has 1 aliphatic carbocycles. The normalized spacial score (nSPS) is 17.5. The summed E-state index contributed by atoms with van der Waals surface area (Å²) in [6.45, 7) is 6.31. The van der Waals surface area contributed by atoms with Crippen molar-refractivity contribution in [3.05, 3.63) is 40.8 Å². The lowest BCUT2D eigenvalue weighted by atomic mass is 9.82. The summed E-state index contributed by atoms with van der Waals surface area (Å²) in [5, 5.41) is 9.40. The van der Waals surface area contributed by atoms with E-state index in [-0.39, 0.29) is 30.8 Å². The highest BCUT2D eigenvalue weighted by Gasteiger charge is 2.29. The second-order valence-corrected chi connectivity index (χ2v) is 12.7. The highest BCUT2D eigenvalue weighted by atomic mass is 32.2. The highest BCUT2D eigenvalue weighted by molar-refractivity contribution is 7.91. The maximum atomic E-state index is 12.9. The van der Waals surface area contributed by atoms with E-state index in [9.17, 15) is 19.0 Å². The van der Waals surface area contributed by atoms with E-state index in [1.807, 2.05) is 37.3 Å². The molecule has 0 heterocycles. The second kappa shape index (κ2) is 17.6. The lowest BCUT2D eigenvalue weighted by Gasteiger charge is -2.30. The van der Waals surface area contributed by atoms with Crippen molar-refractivity contribution < 1.29 is 14.1 Å². The monoisotopic (exact) mass is 533 g/mol. The van der Waals surface area contributed by atoms with E-state index in [0.717, 1.165) is 31.2 Å². The van der Waals surface area contributed by atoms with Crippen LogP contribution in [0.15, 0.2) is 35.5 Å². The van der Waals surface area contributed by atoms with Crippen molar-refractivity contribution in [2.75, 3.05) is 18.1 Å². The standard InChI is InChI=1S/C29H47N3O4S/c1-4-37(36)21-25(19-23-11-7-5-8-12-23)29(34)30-18-17-28(33)31-27(20-24-13-9-6-10-14-24)26(32-35)16-15-22(2)3/h5,7-8,11-12,22,24-27H,4,6,9-10,13-21H2,1-3H3,(H,30,34)(H,31,33)/t25?,26-,27-,37?/m0/s1. The number of rotatable bonds is 17. The van der Waals surface area contributed by atoms with Gasteiger partial charge in [0.15, 0.2) is 0 Å². The van der Waals surface area contributed by atoms with Crippen molar-refractivity contribution in [2.24, 2.45) is 22.9 Å². The first-order chi connectivity index (χ1) is 17.8. The number of nitrogens with one attached hydrogen (secondary N) is 2. The van der Waals surface area contributed by atoms with Crippen LogP contribution in [0.3, 0.4) is 0 Å². The number of carbonyl (C=O) groups excluding carboxylic acids is 2. The lowest BCUT2D eigenvalue weighted by Crippen LogP contribution is -2.45. The predicted octanol–water partition coefficient (Wildman–Crippen LogP) is 5.15. The van der Waals surface area contributed by atoms with Crippen LogP contribution in [-0.2, 0) is 27.2 Å². The Hall–Kier alpha value is -1.93. The summed E-state index contributed by atoms with van der Waals surface area (Å²) in [6, 6.07) is 9.02. The third-order valence-electron chi connectivity index (χ3n) is 7.35. The molecular formula is C29H47N3O4S. The Bertz CT molecular complexity index is 802. The van der Waals surface area contributed by atoms with Gasteiger partial charge in [-0.3, -0.25) is 9.59 Å². The van der Waals surface area contributed by atoms with E-state index >= 15 is 0 Å². The molecule has 1 aromatic rings. The maximum Gasteiger partial charge on any atom is 0.228 e. The van der Waals surface area contributed by atoms with Gasteiger partial charge in [-0.05, 0) is 50.0 Å². The number of nitroso groups, excluding NO2 is 1. The Kier molecular flexibility index (Phi) is 14.8. The van der Waals surface area contributed by atoms with E-state index in [0.29, 0.717) is 36.2 Å². The fourth-order valence-corrected chi connectivity index (χ4v) is 6.07. The molecule has 2 rings (SSSR count). The number of hydrogen-bond donors (Lipinski definition) is 2. The molecule has 1 aliphatic rings. The molecule has 0 spiro atoms. The summed E-state index contributed by atoms with van der Waals surface area (Å²) in [4.78, 5) is 37.5. The van der Waals surface area contributed by atoms with Gasteiger partial charge in [-0.2, -0.15) is 4.91 Å². The molecule has 0 saturated heterocycles. The topological polar surface area (TPSA) is 111 Å². The first-order valence-electron chi connectivity index (χ1n) is 14.1. The third-order valence-corrected chi connectivity index (χ3v) is 8.77. The average molecular weight is 534 g/mol. The molecule has 1 saturated carbocycles. The summed E-state index contributed by atoms with van der Waals surface area (Å²) in [5.74, 6) is 1.03. The predicted molar refractivity (Wildman–Crippen MR) is 152 cm³/mol. The zero-order valence-electron chi connectivity index (χ0n) is 23.0. The molecule has 0 aliphatic heterocycles. The first kappa shape index (κ1) is 31.3. The summed E-state index contributed by atoms with van der Waals surface area (Å²) in [6.07, 6.45) is 8.94. The van der Waals surface area contributed by atoms with Crippen LogP contribution in [0.1, 0.15) is 84.1 Å². The number of nitrogens with zero attached hydrogens (tertiary/aromatic N) is 1. The van der Waals surface area contributed by atoms with Gasteiger partial charge in [-0.1, -0.05) is 92.6 Å². The smallest absolute Gasteiger partial charge is 0.228 e. The Morgan fingerprint density at radius 3 is 2.43 bits per heavy atom. The van der Waals surface area contributed by atoms with Gasteiger partial charge >= 0.3 is 0 Å². The van der Waals surface area contributed by atoms with Gasteiger partial charge in [0.1, 0.15) is 17.5 Å². The van der Waals surface area contributed by atoms with Gasteiger partial charge in [0.2, 0.25) is 11.8 Å². The molecule has 0 radical (unpaired) electrons.